The zero-order valence-electron chi connectivity index (χ0n) is 26.6. The first-order valence-corrected chi connectivity index (χ1v) is 18.0. The van der Waals surface area contributed by atoms with Gasteiger partial charge >= 0.3 is 0 Å². The van der Waals surface area contributed by atoms with Crippen molar-refractivity contribution >= 4 is 56.4 Å². The minimum atomic E-state index is -0.621. The molecule has 49 heavy (non-hydrogen) atoms. The lowest BCUT2D eigenvalue weighted by Crippen LogP contribution is -2.20. The fourth-order valence-corrected chi connectivity index (χ4v) is 9.64. The molecule has 3 heteroatoms. The molecule has 0 saturated heterocycles. The van der Waals surface area contributed by atoms with Gasteiger partial charge < -0.3 is 0 Å². The Hall–Kier alpha value is -5.95. The van der Waals surface area contributed by atoms with Crippen molar-refractivity contribution < 1.29 is 0 Å². The maximum atomic E-state index is 5.18. The van der Waals surface area contributed by atoms with E-state index in [1.807, 2.05) is 0 Å². The van der Waals surface area contributed by atoms with Crippen LogP contribution in [0.2, 0.25) is 0 Å². The third-order valence-electron chi connectivity index (χ3n) is 9.74. The van der Waals surface area contributed by atoms with Crippen LogP contribution in [0.4, 0.5) is 0 Å². The highest BCUT2D eigenvalue weighted by molar-refractivity contribution is 7.79. The Morgan fingerprint density at radius 3 is 1.43 bits per heavy atom. The number of benzene rings is 8. The van der Waals surface area contributed by atoms with E-state index in [4.69, 9.17) is 9.97 Å². The molecular weight excluding hydrogens is 611 g/mol. The highest BCUT2D eigenvalue weighted by Crippen LogP contribution is 2.46. The van der Waals surface area contributed by atoms with Crippen molar-refractivity contribution in [1.29, 1.82) is 0 Å². The number of fused-ring (bicyclic) bond motifs is 5. The number of rotatable bonds is 5. The van der Waals surface area contributed by atoms with Crippen LogP contribution in [-0.4, -0.2) is 9.97 Å². The van der Waals surface area contributed by atoms with E-state index < -0.39 is 7.92 Å². The van der Waals surface area contributed by atoms with Gasteiger partial charge in [0.15, 0.2) is 0 Å². The van der Waals surface area contributed by atoms with E-state index in [9.17, 15) is 0 Å². The van der Waals surface area contributed by atoms with E-state index in [0.717, 1.165) is 28.0 Å². The Morgan fingerprint density at radius 2 is 0.816 bits per heavy atom. The van der Waals surface area contributed by atoms with Crippen molar-refractivity contribution in [3.63, 3.8) is 0 Å². The maximum Gasteiger partial charge on any atom is 0.0979 e. The van der Waals surface area contributed by atoms with Crippen LogP contribution in [0.25, 0.3) is 77.3 Å². The van der Waals surface area contributed by atoms with E-state index in [-0.39, 0.29) is 0 Å². The van der Waals surface area contributed by atoms with Gasteiger partial charge in [0.2, 0.25) is 0 Å². The van der Waals surface area contributed by atoms with Crippen LogP contribution in [0.1, 0.15) is 0 Å². The third-order valence-corrected chi connectivity index (χ3v) is 12.2. The summed E-state index contributed by atoms with van der Waals surface area (Å²) < 4.78 is 0. The van der Waals surface area contributed by atoms with Gasteiger partial charge in [0.25, 0.3) is 0 Å². The molecule has 10 rings (SSSR count). The summed E-state index contributed by atoms with van der Waals surface area (Å²) in [5.41, 5.74) is 10.9. The van der Waals surface area contributed by atoms with Crippen LogP contribution in [0, 0.1) is 0 Å². The lowest BCUT2D eigenvalue weighted by Gasteiger charge is -2.19. The Kier molecular flexibility index (Phi) is 6.50. The molecule has 8 aromatic carbocycles. The average Bonchev–Trinajstić information content (AvgIpc) is 3.48. The minimum absolute atomic E-state index is 0.621. The predicted molar refractivity (Wildman–Crippen MR) is 209 cm³/mol. The molecule has 0 radical (unpaired) electrons. The summed E-state index contributed by atoms with van der Waals surface area (Å²) in [6, 6.07) is 63.8. The summed E-state index contributed by atoms with van der Waals surface area (Å²) in [5, 5.41) is 9.02. The van der Waals surface area contributed by atoms with Gasteiger partial charge in [0.05, 0.1) is 22.4 Å². The van der Waals surface area contributed by atoms with Gasteiger partial charge in [0.1, 0.15) is 0 Å². The van der Waals surface area contributed by atoms with Gasteiger partial charge in [-0.2, -0.15) is 0 Å². The van der Waals surface area contributed by atoms with Crippen molar-refractivity contribution in [3.8, 4) is 44.8 Å². The predicted octanol–water partition coefficient (Wildman–Crippen LogP) is 10.7. The van der Waals surface area contributed by atoms with Gasteiger partial charge in [-0.3, -0.25) is 0 Å². The van der Waals surface area contributed by atoms with Crippen molar-refractivity contribution in [1.82, 2.24) is 9.97 Å². The van der Waals surface area contributed by atoms with Crippen LogP contribution in [0.15, 0.2) is 176 Å². The first-order chi connectivity index (χ1) is 24.3. The van der Waals surface area contributed by atoms with Crippen LogP contribution < -0.4 is 15.9 Å². The smallest absolute Gasteiger partial charge is 0.0979 e. The van der Waals surface area contributed by atoms with Crippen molar-refractivity contribution in [2.45, 2.75) is 0 Å². The molecule has 0 fully saturated rings. The molecule has 9 aromatic rings. The molecule has 1 aliphatic rings. The average molecular weight is 641 g/mol. The van der Waals surface area contributed by atoms with E-state index in [0.29, 0.717) is 0 Å². The van der Waals surface area contributed by atoms with Crippen LogP contribution in [0.5, 0.6) is 0 Å². The molecule has 1 aromatic heterocycles. The minimum Gasteiger partial charge on any atom is -0.244 e. The molecule has 0 amide bonds. The molecular formula is C46H29N2P. The fourth-order valence-electron chi connectivity index (χ4n) is 7.35. The summed E-state index contributed by atoms with van der Waals surface area (Å²) in [6.45, 7) is 0. The number of nitrogens with zero attached hydrogens (tertiary/aromatic N) is 2. The molecule has 0 aliphatic heterocycles. The van der Waals surface area contributed by atoms with E-state index in [2.05, 4.69) is 176 Å². The number of hydrogen-bond acceptors (Lipinski definition) is 2. The summed E-state index contributed by atoms with van der Waals surface area (Å²) >= 11 is 0. The topological polar surface area (TPSA) is 25.8 Å². The largest absolute Gasteiger partial charge is 0.244 e. The molecule has 228 valence electrons. The monoisotopic (exact) mass is 640 g/mol. The van der Waals surface area contributed by atoms with Crippen molar-refractivity contribution in [2.24, 2.45) is 0 Å². The van der Waals surface area contributed by atoms with Crippen LogP contribution in [-0.2, 0) is 0 Å². The third kappa shape index (κ3) is 4.76. The lowest BCUT2D eigenvalue weighted by molar-refractivity contribution is 1.32. The van der Waals surface area contributed by atoms with Crippen LogP contribution in [0.3, 0.4) is 0 Å². The molecule has 0 N–H and O–H groups in total. The van der Waals surface area contributed by atoms with Gasteiger partial charge in [0, 0.05) is 16.5 Å². The summed E-state index contributed by atoms with van der Waals surface area (Å²) in [6.07, 6.45) is 0. The quantitative estimate of drug-likeness (QED) is 0.175. The molecule has 2 nitrogen and oxygen atoms in total. The van der Waals surface area contributed by atoms with E-state index in [1.54, 1.807) is 0 Å². The normalized spacial score (nSPS) is 11.9. The number of hydrogen-bond donors (Lipinski definition) is 0. The molecule has 1 aliphatic carbocycles. The highest BCUT2D eigenvalue weighted by Gasteiger charge is 2.24. The second kappa shape index (κ2) is 11.3. The molecule has 0 unspecified atom stereocenters. The highest BCUT2D eigenvalue weighted by atomic mass is 31.1. The molecule has 1 heterocycles. The zero-order valence-corrected chi connectivity index (χ0v) is 27.5. The Bertz CT molecular complexity index is 2660. The Morgan fingerprint density at radius 1 is 0.327 bits per heavy atom. The first kappa shape index (κ1) is 28.1. The fraction of sp³-hybridized carbons (Fsp3) is 0. The zero-order chi connectivity index (χ0) is 32.3. The number of aromatic nitrogens is 2. The second-order valence-corrected chi connectivity index (χ2v) is 14.9. The summed E-state index contributed by atoms with van der Waals surface area (Å²) in [7, 11) is -0.621. The SMILES string of the molecule is c1ccc(P(c2ccccc2)c2ccc(-c3ccc4cc(-c5ccc6nc7c(nc6c5)-c5cccc6cccc-7c56)ccc4c3)cc2)cc1. The van der Waals surface area contributed by atoms with E-state index in [1.165, 1.54) is 65.3 Å². The van der Waals surface area contributed by atoms with Crippen molar-refractivity contribution in [2.75, 3.05) is 0 Å². The molecule has 0 bridgehead atoms. The van der Waals surface area contributed by atoms with E-state index >= 15 is 0 Å². The van der Waals surface area contributed by atoms with Gasteiger partial charge in [-0.25, -0.2) is 9.97 Å². The first-order valence-electron chi connectivity index (χ1n) is 16.7. The lowest BCUT2D eigenvalue weighted by atomic mass is 9.97. The standard InChI is InChI=1S/C46H29N2P/c1-3-11-37(12-4-1)49(38-13-5-2-6-14-38)39-24-21-30(22-25-39)32-17-18-34-28-35(20-19-33(34)27-32)36-23-26-42-43(29-36)48-46-41-16-8-10-31-9-7-15-40(44(31)41)45(46)47-42/h1-29H. The molecule has 0 atom stereocenters. The Balaban J connectivity index is 0.965. The Labute approximate surface area is 286 Å². The summed E-state index contributed by atoms with van der Waals surface area (Å²) in [5.74, 6) is 0. The van der Waals surface area contributed by atoms with Gasteiger partial charge in [-0.05, 0) is 86.5 Å². The maximum absolute atomic E-state index is 5.18. The summed E-state index contributed by atoms with van der Waals surface area (Å²) in [4.78, 5) is 10.3. The molecule has 0 spiro atoms. The van der Waals surface area contributed by atoms with Crippen molar-refractivity contribution in [3.05, 3.63) is 176 Å². The molecule has 0 saturated carbocycles. The van der Waals surface area contributed by atoms with Gasteiger partial charge in [-0.15, -0.1) is 0 Å². The van der Waals surface area contributed by atoms with Gasteiger partial charge in [-0.1, -0.05) is 152 Å². The van der Waals surface area contributed by atoms with Crippen LogP contribution >= 0.6 is 7.92 Å². The second-order valence-electron chi connectivity index (χ2n) is 12.7.